The summed E-state index contributed by atoms with van der Waals surface area (Å²) in [6.45, 7) is 0.504. The molecule has 0 fully saturated rings. The molecule has 0 radical (unpaired) electrons. The quantitative estimate of drug-likeness (QED) is 0.415. The van der Waals surface area contributed by atoms with Crippen LogP contribution >= 0.6 is 0 Å². The third-order valence-corrected chi connectivity index (χ3v) is 4.67. The van der Waals surface area contributed by atoms with E-state index in [2.05, 4.69) is 10.6 Å². The van der Waals surface area contributed by atoms with E-state index in [0.717, 1.165) is 11.1 Å². The van der Waals surface area contributed by atoms with Crippen molar-refractivity contribution >= 4 is 18.0 Å². The van der Waals surface area contributed by atoms with Crippen molar-refractivity contribution in [1.29, 1.82) is 5.41 Å². The lowest BCUT2D eigenvalue weighted by Gasteiger charge is -2.21. The first-order valence-electron chi connectivity index (χ1n) is 10.0. The van der Waals surface area contributed by atoms with E-state index >= 15 is 0 Å². The van der Waals surface area contributed by atoms with Crippen LogP contribution < -0.4 is 16.4 Å². The summed E-state index contributed by atoms with van der Waals surface area (Å²) in [6, 6.07) is 18.3. The second kappa shape index (κ2) is 12.5. The summed E-state index contributed by atoms with van der Waals surface area (Å²) in [5, 5.41) is 13.2. The number of aryl methyl sites for hydroxylation is 1. The summed E-state index contributed by atoms with van der Waals surface area (Å²) in [5.74, 6) is -0.453. The van der Waals surface area contributed by atoms with E-state index in [1.165, 1.54) is 6.21 Å². The minimum absolute atomic E-state index is 0.168. The molecule has 6 heteroatoms. The van der Waals surface area contributed by atoms with Gasteiger partial charge in [-0.25, -0.2) is 0 Å². The zero-order chi connectivity index (χ0) is 20.9. The Balaban J connectivity index is 2.00. The summed E-state index contributed by atoms with van der Waals surface area (Å²) >= 11 is 0. The van der Waals surface area contributed by atoms with E-state index < -0.39 is 6.04 Å². The fourth-order valence-corrected chi connectivity index (χ4v) is 3.05. The third kappa shape index (κ3) is 8.27. The Morgan fingerprint density at radius 2 is 1.59 bits per heavy atom. The molecule has 154 valence electrons. The number of carbonyl (C=O) groups is 2. The van der Waals surface area contributed by atoms with Gasteiger partial charge in [0, 0.05) is 19.1 Å². The van der Waals surface area contributed by atoms with Gasteiger partial charge in [-0.15, -0.1) is 0 Å². The molecule has 2 rings (SSSR count). The van der Waals surface area contributed by atoms with Crippen LogP contribution in [0.25, 0.3) is 0 Å². The first kappa shape index (κ1) is 22.3. The van der Waals surface area contributed by atoms with Crippen molar-refractivity contribution in [3.05, 3.63) is 71.8 Å². The molecule has 0 bridgehead atoms. The Morgan fingerprint density at radius 3 is 2.17 bits per heavy atom. The minimum Gasteiger partial charge on any atom is -0.347 e. The van der Waals surface area contributed by atoms with Gasteiger partial charge < -0.3 is 21.8 Å². The predicted octanol–water partition coefficient (Wildman–Crippen LogP) is 2.22. The van der Waals surface area contributed by atoms with E-state index in [1.807, 2.05) is 60.7 Å². The topological polar surface area (TPSA) is 108 Å². The van der Waals surface area contributed by atoms with E-state index in [1.54, 1.807) is 0 Å². The molecule has 2 aromatic rings. The van der Waals surface area contributed by atoms with Gasteiger partial charge in [0.15, 0.2) is 0 Å². The zero-order valence-electron chi connectivity index (χ0n) is 16.6. The number of benzene rings is 2. The summed E-state index contributed by atoms with van der Waals surface area (Å²) in [7, 11) is 0. The van der Waals surface area contributed by atoms with E-state index in [-0.39, 0.29) is 17.9 Å². The van der Waals surface area contributed by atoms with Gasteiger partial charge in [-0.05, 0) is 36.9 Å². The number of nitrogens with one attached hydrogen (secondary N) is 3. The molecule has 0 aromatic heterocycles. The molecule has 29 heavy (non-hydrogen) atoms. The Bertz CT molecular complexity index is 765. The van der Waals surface area contributed by atoms with Gasteiger partial charge in [-0.3, -0.25) is 9.59 Å². The average molecular weight is 395 g/mol. The Morgan fingerprint density at radius 1 is 0.966 bits per heavy atom. The molecule has 5 N–H and O–H groups in total. The first-order chi connectivity index (χ1) is 14.1. The molecular weight excluding hydrogens is 364 g/mol. The Labute approximate surface area is 172 Å². The van der Waals surface area contributed by atoms with Crippen molar-refractivity contribution in [3.8, 4) is 0 Å². The van der Waals surface area contributed by atoms with E-state index in [9.17, 15) is 9.59 Å². The summed E-state index contributed by atoms with van der Waals surface area (Å²) in [5.41, 5.74) is 7.57. The lowest BCUT2D eigenvalue weighted by atomic mass is 10.0. The van der Waals surface area contributed by atoms with Crippen molar-refractivity contribution in [1.82, 2.24) is 10.6 Å². The monoisotopic (exact) mass is 394 g/mol. The lowest BCUT2D eigenvalue weighted by Crippen LogP contribution is -2.51. The number of carbonyl (C=O) groups excluding carboxylic acids is 2. The van der Waals surface area contributed by atoms with Crippen LogP contribution in [0.2, 0.25) is 0 Å². The minimum atomic E-state index is -0.694. The van der Waals surface area contributed by atoms with Gasteiger partial charge >= 0.3 is 0 Å². The van der Waals surface area contributed by atoms with Crippen molar-refractivity contribution in [2.45, 2.75) is 44.2 Å². The number of amides is 2. The molecule has 0 saturated carbocycles. The molecule has 0 heterocycles. The number of hydrogen-bond donors (Lipinski definition) is 4. The van der Waals surface area contributed by atoms with Gasteiger partial charge in [0.05, 0.1) is 6.04 Å². The van der Waals surface area contributed by atoms with Crippen LogP contribution in [0.5, 0.6) is 0 Å². The molecule has 6 nitrogen and oxygen atoms in total. The molecule has 2 unspecified atom stereocenters. The second-order valence-electron chi connectivity index (χ2n) is 7.01. The standard InChI is InChI=1S/C23H30N4O2/c24-15-7-12-20(17-25)26-23(29)21(16-19-10-5-2-6-11-19)27-22(28)14-13-18-8-3-1-4-9-18/h1-6,8-11,17,20-21,25H,7,12-16,24H2,(H,26,29)(H,27,28). The van der Waals surface area contributed by atoms with Gasteiger partial charge in [0.1, 0.15) is 6.04 Å². The van der Waals surface area contributed by atoms with Crippen molar-refractivity contribution in [2.75, 3.05) is 6.54 Å². The number of rotatable bonds is 12. The molecule has 0 aliphatic rings. The third-order valence-electron chi connectivity index (χ3n) is 4.67. The van der Waals surface area contributed by atoms with Crippen LogP contribution in [-0.4, -0.2) is 36.7 Å². The molecule has 0 saturated heterocycles. The van der Waals surface area contributed by atoms with Gasteiger partial charge in [0.25, 0.3) is 0 Å². The number of nitrogens with two attached hydrogens (primary N) is 1. The summed E-state index contributed by atoms with van der Waals surface area (Å²) < 4.78 is 0. The fraction of sp³-hybridized carbons (Fsp3) is 0.348. The molecule has 0 aliphatic carbocycles. The maximum absolute atomic E-state index is 12.8. The van der Waals surface area contributed by atoms with Gasteiger partial charge in [0.2, 0.25) is 11.8 Å². The molecule has 2 atom stereocenters. The maximum Gasteiger partial charge on any atom is 0.243 e. The Kier molecular flexibility index (Phi) is 9.59. The maximum atomic E-state index is 12.8. The first-order valence-corrected chi connectivity index (χ1v) is 10.0. The molecule has 0 spiro atoms. The van der Waals surface area contributed by atoms with Gasteiger partial charge in [-0.1, -0.05) is 60.7 Å². The molecule has 0 aliphatic heterocycles. The Hall–Kier alpha value is -2.99. The molecule has 2 amide bonds. The highest BCUT2D eigenvalue weighted by molar-refractivity contribution is 5.89. The van der Waals surface area contributed by atoms with Crippen LogP contribution in [0.3, 0.4) is 0 Å². The highest BCUT2D eigenvalue weighted by atomic mass is 16.2. The lowest BCUT2D eigenvalue weighted by molar-refractivity contribution is -0.129. The average Bonchev–Trinajstić information content (AvgIpc) is 2.76. The number of hydrogen-bond acceptors (Lipinski definition) is 4. The van der Waals surface area contributed by atoms with Crippen LogP contribution in [0.1, 0.15) is 30.4 Å². The zero-order valence-corrected chi connectivity index (χ0v) is 16.6. The van der Waals surface area contributed by atoms with Gasteiger partial charge in [-0.2, -0.15) is 0 Å². The normalized spacial score (nSPS) is 12.6. The largest absolute Gasteiger partial charge is 0.347 e. The van der Waals surface area contributed by atoms with Crippen molar-refractivity contribution in [3.63, 3.8) is 0 Å². The SMILES string of the molecule is N=CC(CCCN)NC(=O)C(Cc1ccccc1)NC(=O)CCc1ccccc1. The molecule has 2 aromatic carbocycles. The summed E-state index contributed by atoms with van der Waals surface area (Å²) in [6.07, 6.45) is 3.85. The highest BCUT2D eigenvalue weighted by Crippen LogP contribution is 2.07. The van der Waals surface area contributed by atoms with Crippen LogP contribution in [-0.2, 0) is 22.4 Å². The smallest absolute Gasteiger partial charge is 0.243 e. The van der Waals surface area contributed by atoms with E-state index in [0.29, 0.717) is 38.6 Å². The summed E-state index contributed by atoms with van der Waals surface area (Å²) in [4.78, 5) is 25.3. The fourth-order valence-electron chi connectivity index (χ4n) is 3.05. The van der Waals surface area contributed by atoms with Crippen molar-refractivity contribution < 1.29 is 9.59 Å². The van der Waals surface area contributed by atoms with Crippen LogP contribution in [0.4, 0.5) is 0 Å². The van der Waals surface area contributed by atoms with Crippen LogP contribution in [0, 0.1) is 5.41 Å². The second-order valence-corrected chi connectivity index (χ2v) is 7.01. The van der Waals surface area contributed by atoms with Crippen molar-refractivity contribution in [2.24, 2.45) is 5.73 Å². The predicted molar refractivity (Wildman–Crippen MR) is 116 cm³/mol. The molecular formula is C23H30N4O2. The van der Waals surface area contributed by atoms with E-state index in [4.69, 9.17) is 11.1 Å². The highest BCUT2D eigenvalue weighted by Gasteiger charge is 2.23. The van der Waals surface area contributed by atoms with Crippen LogP contribution in [0.15, 0.2) is 60.7 Å².